The molecule has 3 heterocycles. The molecule has 30 heavy (non-hydrogen) atoms. The lowest BCUT2D eigenvalue weighted by molar-refractivity contribution is -0.118. The minimum Gasteiger partial charge on any atom is -0.348 e. The van der Waals surface area contributed by atoms with Crippen molar-refractivity contribution in [2.75, 3.05) is 11.1 Å². The number of thioether (sulfide) groups is 1. The highest BCUT2D eigenvalue weighted by molar-refractivity contribution is 7.98. The molecule has 0 unspecified atom stereocenters. The number of hydrogen-bond acceptors (Lipinski definition) is 4. The SMILES string of the molecule is CC(C)C(=O)Nc1cccc(CNC(=O)c2c(-n3cccc3)sc3c2CCSC3)c1. The van der Waals surface area contributed by atoms with Crippen molar-refractivity contribution < 1.29 is 9.59 Å². The van der Waals surface area contributed by atoms with E-state index >= 15 is 0 Å². The molecule has 3 aromatic rings. The van der Waals surface area contributed by atoms with Crippen LogP contribution in [0.3, 0.4) is 0 Å². The van der Waals surface area contributed by atoms with Gasteiger partial charge in [0.25, 0.3) is 5.91 Å². The Kier molecular flexibility index (Phi) is 6.29. The molecule has 0 bridgehead atoms. The number of rotatable bonds is 6. The van der Waals surface area contributed by atoms with E-state index in [9.17, 15) is 9.59 Å². The minimum atomic E-state index is -0.0802. The third-order valence-corrected chi connectivity index (χ3v) is 7.45. The van der Waals surface area contributed by atoms with Crippen LogP contribution in [0.15, 0.2) is 48.8 Å². The van der Waals surface area contributed by atoms with Crippen molar-refractivity contribution in [2.45, 2.75) is 32.6 Å². The topological polar surface area (TPSA) is 63.1 Å². The number of aromatic nitrogens is 1. The maximum absolute atomic E-state index is 13.2. The molecular formula is C23H25N3O2S2. The summed E-state index contributed by atoms with van der Waals surface area (Å²) < 4.78 is 2.03. The molecule has 0 spiro atoms. The highest BCUT2D eigenvalue weighted by Crippen LogP contribution is 2.38. The van der Waals surface area contributed by atoms with Crippen molar-refractivity contribution in [3.63, 3.8) is 0 Å². The van der Waals surface area contributed by atoms with Crippen LogP contribution in [0, 0.1) is 5.92 Å². The summed E-state index contributed by atoms with van der Waals surface area (Å²) in [6, 6.07) is 11.6. The molecule has 1 aliphatic heterocycles. The molecule has 0 fully saturated rings. The Bertz CT molecular complexity index is 1050. The zero-order valence-electron chi connectivity index (χ0n) is 17.1. The number of nitrogens with one attached hydrogen (secondary N) is 2. The number of fused-ring (bicyclic) bond motifs is 1. The number of nitrogens with zero attached hydrogens (tertiary/aromatic N) is 1. The smallest absolute Gasteiger partial charge is 0.254 e. The summed E-state index contributed by atoms with van der Waals surface area (Å²) in [4.78, 5) is 26.5. The molecule has 2 amide bonds. The molecule has 2 N–H and O–H groups in total. The lowest BCUT2D eigenvalue weighted by Gasteiger charge is -2.14. The van der Waals surface area contributed by atoms with E-state index in [4.69, 9.17) is 0 Å². The second-order valence-electron chi connectivity index (χ2n) is 7.60. The number of benzene rings is 1. The standard InChI is InChI=1S/C23H25N3O2S2/c1-15(2)21(27)25-17-7-5-6-16(12-17)13-24-22(28)20-18-8-11-29-14-19(18)30-23(20)26-9-3-4-10-26/h3-7,9-10,12,15H,8,11,13-14H2,1-2H3,(H,24,28)(H,25,27). The normalized spacial score (nSPS) is 13.2. The van der Waals surface area contributed by atoms with E-state index in [2.05, 4.69) is 10.6 Å². The Morgan fingerprint density at radius 1 is 1.17 bits per heavy atom. The number of thiophene rings is 1. The first-order chi connectivity index (χ1) is 14.5. The van der Waals surface area contributed by atoms with Gasteiger partial charge in [0.15, 0.2) is 0 Å². The summed E-state index contributed by atoms with van der Waals surface area (Å²) in [6.45, 7) is 4.14. The maximum Gasteiger partial charge on any atom is 0.254 e. The summed E-state index contributed by atoms with van der Waals surface area (Å²) >= 11 is 3.64. The monoisotopic (exact) mass is 439 g/mol. The summed E-state index contributed by atoms with van der Waals surface area (Å²) in [5.41, 5.74) is 3.69. The van der Waals surface area contributed by atoms with Crippen LogP contribution in [0.25, 0.3) is 5.00 Å². The molecule has 0 saturated heterocycles. The zero-order valence-corrected chi connectivity index (χ0v) is 18.7. The van der Waals surface area contributed by atoms with Gasteiger partial charge in [-0.2, -0.15) is 11.8 Å². The third-order valence-electron chi connectivity index (χ3n) is 5.04. The van der Waals surface area contributed by atoms with Gasteiger partial charge in [-0.25, -0.2) is 0 Å². The van der Waals surface area contributed by atoms with Gasteiger partial charge in [0.2, 0.25) is 5.91 Å². The molecular weight excluding hydrogens is 414 g/mol. The zero-order chi connectivity index (χ0) is 21.1. The number of amides is 2. The number of anilines is 1. The first-order valence-corrected chi connectivity index (χ1v) is 12.0. The molecule has 5 nitrogen and oxygen atoms in total. The van der Waals surface area contributed by atoms with E-state index in [0.717, 1.165) is 39.7 Å². The average Bonchev–Trinajstić information content (AvgIpc) is 3.40. The van der Waals surface area contributed by atoms with Crippen LogP contribution in [0.4, 0.5) is 5.69 Å². The van der Waals surface area contributed by atoms with E-state index < -0.39 is 0 Å². The predicted molar refractivity (Wildman–Crippen MR) is 125 cm³/mol. The second kappa shape index (κ2) is 9.10. The van der Waals surface area contributed by atoms with Gasteiger partial charge in [0, 0.05) is 41.2 Å². The van der Waals surface area contributed by atoms with Gasteiger partial charge >= 0.3 is 0 Å². The number of hydrogen-bond donors (Lipinski definition) is 2. The summed E-state index contributed by atoms with van der Waals surface area (Å²) in [5.74, 6) is 1.88. The lowest BCUT2D eigenvalue weighted by Crippen LogP contribution is -2.25. The maximum atomic E-state index is 13.2. The van der Waals surface area contributed by atoms with Crippen molar-refractivity contribution in [3.8, 4) is 5.00 Å². The van der Waals surface area contributed by atoms with Crippen molar-refractivity contribution >= 4 is 40.6 Å². The molecule has 1 aromatic carbocycles. The Morgan fingerprint density at radius 3 is 2.73 bits per heavy atom. The molecule has 156 valence electrons. The van der Waals surface area contributed by atoms with Crippen molar-refractivity contribution in [3.05, 3.63) is 70.4 Å². The van der Waals surface area contributed by atoms with Gasteiger partial charge in [0.05, 0.1) is 5.56 Å². The molecule has 2 aromatic heterocycles. The summed E-state index contributed by atoms with van der Waals surface area (Å²) in [6.07, 6.45) is 4.90. The molecule has 4 rings (SSSR count). The van der Waals surface area contributed by atoms with Crippen molar-refractivity contribution in [1.29, 1.82) is 0 Å². The highest BCUT2D eigenvalue weighted by Gasteiger charge is 2.26. The fraction of sp³-hybridized carbons (Fsp3) is 0.304. The summed E-state index contributed by atoms with van der Waals surface area (Å²) in [7, 11) is 0. The Balaban J connectivity index is 1.53. The van der Waals surface area contributed by atoms with Gasteiger partial charge in [-0.05, 0) is 47.6 Å². The minimum absolute atomic E-state index is 0.0182. The molecule has 7 heteroatoms. The quantitative estimate of drug-likeness (QED) is 0.577. The van der Waals surface area contributed by atoms with Gasteiger partial charge in [-0.3, -0.25) is 9.59 Å². The largest absolute Gasteiger partial charge is 0.348 e. The lowest BCUT2D eigenvalue weighted by atomic mass is 10.1. The van der Waals surface area contributed by atoms with E-state index in [0.29, 0.717) is 6.54 Å². The molecule has 0 saturated carbocycles. The Hall–Kier alpha value is -2.51. The van der Waals surface area contributed by atoms with Crippen LogP contribution >= 0.6 is 23.1 Å². The van der Waals surface area contributed by atoms with Crippen LogP contribution < -0.4 is 10.6 Å². The van der Waals surface area contributed by atoms with Gasteiger partial charge in [0.1, 0.15) is 5.00 Å². The second-order valence-corrected chi connectivity index (χ2v) is 9.79. The Labute approximate surface area is 184 Å². The average molecular weight is 440 g/mol. The molecule has 0 radical (unpaired) electrons. The highest BCUT2D eigenvalue weighted by atomic mass is 32.2. The number of carbonyl (C=O) groups excluding carboxylic acids is 2. The first kappa shape index (κ1) is 20.8. The van der Waals surface area contributed by atoms with E-state index in [1.165, 1.54) is 10.4 Å². The fourth-order valence-electron chi connectivity index (χ4n) is 3.42. The van der Waals surface area contributed by atoms with Crippen molar-refractivity contribution in [2.24, 2.45) is 5.92 Å². The number of carbonyl (C=O) groups is 2. The first-order valence-electron chi connectivity index (χ1n) is 10.1. The summed E-state index contributed by atoms with van der Waals surface area (Å²) in [5, 5.41) is 6.99. The Morgan fingerprint density at radius 2 is 1.97 bits per heavy atom. The van der Waals surface area contributed by atoms with Crippen LogP contribution in [-0.4, -0.2) is 22.1 Å². The van der Waals surface area contributed by atoms with Crippen LogP contribution in [-0.2, 0) is 23.5 Å². The predicted octanol–water partition coefficient (Wildman–Crippen LogP) is 4.85. The fourth-order valence-corrected chi connectivity index (χ4v) is 5.86. The van der Waals surface area contributed by atoms with Crippen LogP contribution in [0.5, 0.6) is 0 Å². The molecule has 0 aliphatic carbocycles. The van der Waals surface area contributed by atoms with Gasteiger partial charge in [-0.15, -0.1) is 11.3 Å². The third kappa shape index (κ3) is 4.47. The van der Waals surface area contributed by atoms with E-state index in [1.54, 1.807) is 11.3 Å². The molecule has 1 aliphatic rings. The van der Waals surface area contributed by atoms with Crippen LogP contribution in [0.2, 0.25) is 0 Å². The van der Waals surface area contributed by atoms with Crippen LogP contribution in [0.1, 0.15) is 40.2 Å². The molecule has 0 atom stereocenters. The van der Waals surface area contributed by atoms with Crippen molar-refractivity contribution in [1.82, 2.24) is 9.88 Å². The van der Waals surface area contributed by atoms with Gasteiger partial charge in [-0.1, -0.05) is 26.0 Å². The van der Waals surface area contributed by atoms with Gasteiger partial charge < -0.3 is 15.2 Å². The van der Waals surface area contributed by atoms with E-state index in [-0.39, 0.29) is 17.7 Å². The van der Waals surface area contributed by atoms with E-state index in [1.807, 2.05) is 79.0 Å².